The first-order valence-corrected chi connectivity index (χ1v) is 6.07. The van der Waals surface area contributed by atoms with Crippen LogP contribution in [0.2, 0.25) is 0 Å². The zero-order valence-electron chi connectivity index (χ0n) is 10.8. The third kappa shape index (κ3) is 2.88. The molecule has 8 heteroatoms. The lowest BCUT2D eigenvalue weighted by molar-refractivity contribution is -0.384. The second-order valence-electron chi connectivity index (χ2n) is 4.70. The topological polar surface area (TPSA) is 125 Å². The van der Waals surface area contributed by atoms with Crippen LogP contribution >= 0.6 is 0 Å². The molecule has 8 nitrogen and oxygen atoms in total. The van der Waals surface area contributed by atoms with E-state index in [1.165, 1.54) is 12.1 Å². The standard InChI is InChI=1S/C12H16N2O6/c1-6-2-3-7(14(18)19)4-8(6)13-12-11(17)10(16)9(15)5-20-12/h2-4,9-13,15-17H,5H2,1H3/t9-,10+,11-,12-/m1/s1. The molecule has 1 aromatic carbocycles. The van der Waals surface area contributed by atoms with Crippen molar-refractivity contribution in [2.75, 3.05) is 11.9 Å². The second kappa shape index (κ2) is 5.71. The Morgan fingerprint density at radius 2 is 2.05 bits per heavy atom. The minimum Gasteiger partial charge on any atom is -0.388 e. The number of aliphatic hydroxyl groups excluding tert-OH is 3. The normalized spacial score (nSPS) is 30.0. The summed E-state index contributed by atoms with van der Waals surface area (Å²) in [6.07, 6.45) is -4.78. The van der Waals surface area contributed by atoms with E-state index in [4.69, 9.17) is 4.74 Å². The average Bonchev–Trinajstić information content (AvgIpc) is 2.41. The van der Waals surface area contributed by atoms with Crippen molar-refractivity contribution in [1.82, 2.24) is 0 Å². The van der Waals surface area contributed by atoms with E-state index in [0.29, 0.717) is 5.69 Å². The lowest BCUT2D eigenvalue weighted by atomic mass is 10.0. The monoisotopic (exact) mass is 284 g/mol. The SMILES string of the molecule is Cc1ccc([N+](=O)[O-])cc1N[C@@H]1OC[C@@H](O)[C@H](O)[C@H]1O. The van der Waals surface area contributed by atoms with Crippen molar-refractivity contribution >= 4 is 11.4 Å². The van der Waals surface area contributed by atoms with Gasteiger partial charge in [-0.1, -0.05) is 6.07 Å². The fourth-order valence-corrected chi connectivity index (χ4v) is 1.97. The van der Waals surface area contributed by atoms with Crippen molar-refractivity contribution in [3.8, 4) is 0 Å². The average molecular weight is 284 g/mol. The molecular formula is C12H16N2O6. The van der Waals surface area contributed by atoms with Crippen LogP contribution in [0.1, 0.15) is 5.56 Å². The number of nitro benzene ring substituents is 1. The second-order valence-corrected chi connectivity index (χ2v) is 4.70. The van der Waals surface area contributed by atoms with E-state index in [1.54, 1.807) is 13.0 Å². The fraction of sp³-hybridized carbons (Fsp3) is 0.500. The Labute approximate surface area is 114 Å². The Morgan fingerprint density at radius 1 is 1.35 bits per heavy atom. The molecule has 4 N–H and O–H groups in total. The maximum absolute atomic E-state index is 10.7. The van der Waals surface area contributed by atoms with Crippen LogP contribution in [0.5, 0.6) is 0 Å². The molecule has 20 heavy (non-hydrogen) atoms. The number of hydrogen-bond donors (Lipinski definition) is 4. The van der Waals surface area contributed by atoms with Gasteiger partial charge in [-0.15, -0.1) is 0 Å². The van der Waals surface area contributed by atoms with E-state index in [9.17, 15) is 25.4 Å². The van der Waals surface area contributed by atoms with Gasteiger partial charge in [0.05, 0.1) is 11.5 Å². The highest BCUT2D eigenvalue weighted by molar-refractivity contribution is 5.57. The number of anilines is 1. The Morgan fingerprint density at radius 3 is 2.70 bits per heavy atom. The number of nitrogens with zero attached hydrogens (tertiary/aromatic N) is 1. The van der Waals surface area contributed by atoms with E-state index in [2.05, 4.69) is 5.32 Å². The van der Waals surface area contributed by atoms with Crippen LogP contribution in [0.3, 0.4) is 0 Å². The Kier molecular flexibility index (Phi) is 4.19. The first-order chi connectivity index (χ1) is 9.40. The summed E-state index contributed by atoms with van der Waals surface area (Å²) in [4.78, 5) is 10.2. The Balaban J connectivity index is 2.17. The van der Waals surface area contributed by atoms with Gasteiger partial charge >= 0.3 is 0 Å². The molecule has 1 aliphatic rings. The van der Waals surface area contributed by atoms with Gasteiger partial charge in [0, 0.05) is 17.8 Å². The zero-order valence-corrected chi connectivity index (χ0v) is 10.8. The third-order valence-corrected chi connectivity index (χ3v) is 3.23. The molecular weight excluding hydrogens is 268 g/mol. The van der Waals surface area contributed by atoms with Crippen molar-refractivity contribution < 1.29 is 25.0 Å². The van der Waals surface area contributed by atoms with E-state index < -0.39 is 29.5 Å². The number of benzene rings is 1. The fourth-order valence-electron chi connectivity index (χ4n) is 1.97. The minimum absolute atomic E-state index is 0.0935. The molecule has 1 saturated heterocycles. The largest absolute Gasteiger partial charge is 0.388 e. The number of nitro groups is 1. The predicted octanol–water partition coefficient (Wildman–Crippen LogP) is -0.246. The van der Waals surface area contributed by atoms with Crippen LogP contribution < -0.4 is 5.32 Å². The van der Waals surface area contributed by atoms with Gasteiger partial charge in [-0.05, 0) is 12.5 Å². The van der Waals surface area contributed by atoms with Gasteiger partial charge in [0.15, 0.2) is 6.23 Å². The number of hydrogen-bond acceptors (Lipinski definition) is 7. The number of aliphatic hydroxyl groups is 3. The molecule has 0 spiro atoms. The van der Waals surface area contributed by atoms with Crippen LogP contribution in [0.25, 0.3) is 0 Å². The zero-order chi connectivity index (χ0) is 14.9. The Bertz CT molecular complexity index is 509. The van der Waals surface area contributed by atoms with E-state index in [-0.39, 0.29) is 12.3 Å². The number of ether oxygens (including phenoxy) is 1. The van der Waals surface area contributed by atoms with Gasteiger partial charge in [0.25, 0.3) is 5.69 Å². The molecule has 0 saturated carbocycles. The summed E-state index contributed by atoms with van der Waals surface area (Å²) in [7, 11) is 0. The van der Waals surface area contributed by atoms with Gasteiger partial charge in [0.1, 0.15) is 18.3 Å². The van der Waals surface area contributed by atoms with Crippen molar-refractivity contribution in [2.45, 2.75) is 31.5 Å². The number of aryl methyl sites for hydroxylation is 1. The smallest absolute Gasteiger partial charge is 0.271 e. The molecule has 1 aliphatic heterocycles. The molecule has 0 radical (unpaired) electrons. The van der Waals surface area contributed by atoms with Gasteiger partial charge in [-0.2, -0.15) is 0 Å². The molecule has 0 amide bonds. The summed E-state index contributed by atoms with van der Waals surface area (Å²) in [6, 6.07) is 4.26. The summed E-state index contributed by atoms with van der Waals surface area (Å²) in [5.74, 6) is 0. The van der Waals surface area contributed by atoms with Crippen LogP contribution in [0.4, 0.5) is 11.4 Å². The lowest BCUT2D eigenvalue weighted by Crippen LogP contribution is -2.55. The van der Waals surface area contributed by atoms with E-state index in [1.807, 2.05) is 0 Å². The highest BCUT2D eigenvalue weighted by atomic mass is 16.6. The maximum Gasteiger partial charge on any atom is 0.271 e. The van der Waals surface area contributed by atoms with Crippen LogP contribution in [-0.2, 0) is 4.74 Å². The number of nitrogens with one attached hydrogen (secondary N) is 1. The van der Waals surface area contributed by atoms with Gasteiger partial charge in [0.2, 0.25) is 0 Å². The maximum atomic E-state index is 10.7. The van der Waals surface area contributed by atoms with E-state index >= 15 is 0 Å². The Hall–Kier alpha value is -1.74. The summed E-state index contributed by atoms with van der Waals surface area (Å²) in [5, 5.41) is 42.3. The highest BCUT2D eigenvalue weighted by Crippen LogP contribution is 2.25. The molecule has 1 aromatic rings. The van der Waals surface area contributed by atoms with Crippen LogP contribution in [0, 0.1) is 17.0 Å². The number of rotatable bonds is 3. The van der Waals surface area contributed by atoms with Crippen molar-refractivity contribution in [2.24, 2.45) is 0 Å². The van der Waals surface area contributed by atoms with Gasteiger partial charge in [-0.3, -0.25) is 10.1 Å². The van der Waals surface area contributed by atoms with Crippen LogP contribution in [0.15, 0.2) is 18.2 Å². The molecule has 0 aliphatic carbocycles. The molecule has 1 heterocycles. The minimum atomic E-state index is -1.34. The predicted molar refractivity (Wildman–Crippen MR) is 69.2 cm³/mol. The van der Waals surface area contributed by atoms with E-state index in [0.717, 1.165) is 5.56 Å². The summed E-state index contributed by atoms with van der Waals surface area (Å²) < 4.78 is 5.19. The summed E-state index contributed by atoms with van der Waals surface area (Å²) >= 11 is 0. The first kappa shape index (κ1) is 14.7. The quantitative estimate of drug-likeness (QED) is 0.445. The van der Waals surface area contributed by atoms with Crippen molar-refractivity contribution in [3.05, 3.63) is 33.9 Å². The molecule has 2 rings (SSSR count). The van der Waals surface area contributed by atoms with Crippen molar-refractivity contribution in [3.63, 3.8) is 0 Å². The molecule has 0 unspecified atom stereocenters. The van der Waals surface area contributed by atoms with Crippen molar-refractivity contribution in [1.29, 1.82) is 0 Å². The van der Waals surface area contributed by atoms with Gasteiger partial charge < -0.3 is 25.4 Å². The van der Waals surface area contributed by atoms with Gasteiger partial charge in [-0.25, -0.2) is 0 Å². The molecule has 1 fully saturated rings. The molecule has 110 valence electrons. The number of non-ortho nitro benzene ring substituents is 1. The van der Waals surface area contributed by atoms with Crippen LogP contribution in [-0.4, -0.2) is 51.4 Å². The third-order valence-electron chi connectivity index (χ3n) is 3.23. The molecule has 0 bridgehead atoms. The summed E-state index contributed by atoms with van der Waals surface area (Å²) in [5.41, 5.74) is 1.06. The lowest BCUT2D eigenvalue weighted by Gasteiger charge is -2.36. The molecule has 4 atom stereocenters. The molecule has 0 aromatic heterocycles. The summed E-state index contributed by atoms with van der Waals surface area (Å²) in [6.45, 7) is 1.61. The first-order valence-electron chi connectivity index (χ1n) is 6.07. The highest BCUT2D eigenvalue weighted by Gasteiger charge is 2.37.